The maximum atomic E-state index is 13.3. The molecule has 2 fully saturated rings. The predicted octanol–water partition coefficient (Wildman–Crippen LogP) is 4.74. The lowest BCUT2D eigenvalue weighted by Crippen LogP contribution is -2.46. The number of rotatable bonds is 2. The lowest BCUT2D eigenvalue weighted by atomic mass is 9.68. The number of carbonyl (C=O) groups is 2. The van der Waals surface area contributed by atoms with Gasteiger partial charge in [0.25, 0.3) is 5.91 Å². The highest BCUT2D eigenvalue weighted by molar-refractivity contribution is 7.12. The van der Waals surface area contributed by atoms with Crippen molar-refractivity contribution >= 4 is 33.9 Å². The minimum absolute atomic E-state index is 0.0177. The molecule has 3 aromatic rings. The molecule has 6 nitrogen and oxygen atoms in total. The lowest BCUT2D eigenvalue weighted by Gasteiger charge is -2.43. The normalized spacial score (nSPS) is 21.2. The Morgan fingerprint density at radius 2 is 1.88 bits per heavy atom. The van der Waals surface area contributed by atoms with Crippen molar-refractivity contribution in [1.82, 2.24) is 20.1 Å². The number of nitrogens with zero attached hydrogens (tertiary/aromatic N) is 3. The van der Waals surface area contributed by atoms with E-state index in [-0.39, 0.29) is 22.5 Å². The van der Waals surface area contributed by atoms with Crippen LogP contribution in [0.5, 0.6) is 0 Å². The first-order valence-corrected chi connectivity index (χ1v) is 12.4. The lowest BCUT2D eigenvalue weighted by molar-refractivity contribution is 0.0522. The van der Waals surface area contributed by atoms with E-state index in [2.05, 4.69) is 17.1 Å². The van der Waals surface area contributed by atoms with Crippen LogP contribution >= 0.6 is 11.3 Å². The van der Waals surface area contributed by atoms with Gasteiger partial charge >= 0.3 is 0 Å². The second-order valence-electron chi connectivity index (χ2n) is 10.5. The molecule has 2 aromatic heterocycles. The summed E-state index contributed by atoms with van der Waals surface area (Å²) in [5.74, 6) is 0.282. The predicted molar refractivity (Wildman–Crippen MR) is 124 cm³/mol. The summed E-state index contributed by atoms with van der Waals surface area (Å²) in [5.41, 5.74) is 4.57. The molecule has 7 heteroatoms. The number of likely N-dealkylation sites (tertiary alicyclic amines) is 1. The fourth-order valence-corrected chi connectivity index (χ4v) is 6.89. The van der Waals surface area contributed by atoms with Crippen LogP contribution in [0.1, 0.15) is 81.0 Å². The standard InChI is InChI=1S/C25H28N4O2S/c1-14-10-16(11-17-15(2)27-28-20(14)17)22(31)29-8-6-25(7-9-29)12-18(30)21-19(13-25)32-23(26-21)24(3)4-5-24/h10-11H,4-9,12-13H2,1-3H3,(H,27,28). The Hall–Kier alpha value is -2.54. The number of hydrogen-bond acceptors (Lipinski definition) is 5. The van der Waals surface area contributed by atoms with Gasteiger partial charge in [0, 0.05) is 46.4 Å². The quantitative estimate of drug-likeness (QED) is 0.614. The smallest absolute Gasteiger partial charge is 0.253 e. The first kappa shape index (κ1) is 20.1. The molecule has 1 N–H and O–H groups in total. The van der Waals surface area contributed by atoms with E-state index in [1.54, 1.807) is 11.3 Å². The van der Waals surface area contributed by atoms with E-state index in [0.717, 1.165) is 57.7 Å². The average molecular weight is 449 g/mol. The van der Waals surface area contributed by atoms with Gasteiger partial charge in [-0.2, -0.15) is 5.10 Å². The summed E-state index contributed by atoms with van der Waals surface area (Å²) >= 11 is 1.76. The number of amides is 1. The molecular weight excluding hydrogens is 420 g/mol. The van der Waals surface area contributed by atoms with E-state index < -0.39 is 0 Å². The fourth-order valence-electron chi connectivity index (χ4n) is 5.43. The molecule has 3 heterocycles. The Kier molecular flexibility index (Phi) is 4.23. The van der Waals surface area contributed by atoms with Crippen LogP contribution in [0.2, 0.25) is 0 Å². The van der Waals surface area contributed by atoms with Crippen LogP contribution in [0, 0.1) is 19.3 Å². The zero-order chi connectivity index (χ0) is 22.3. The Balaban J connectivity index is 1.20. The second-order valence-corrected chi connectivity index (χ2v) is 11.5. The van der Waals surface area contributed by atoms with Gasteiger partial charge < -0.3 is 4.90 Å². The van der Waals surface area contributed by atoms with Crippen molar-refractivity contribution in [2.45, 2.75) is 64.7 Å². The van der Waals surface area contributed by atoms with Gasteiger partial charge in [0.1, 0.15) is 5.69 Å². The summed E-state index contributed by atoms with van der Waals surface area (Å²) < 4.78 is 0. The third kappa shape index (κ3) is 3.04. The van der Waals surface area contributed by atoms with Crippen molar-refractivity contribution in [3.05, 3.63) is 44.5 Å². The first-order valence-electron chi connectivity index (χ1n) is 11.6. The second kappa shape index (κ2) is 6.73. The maximum Gasteiger partial charge on any atom is 0.253 e. The summed E-state index contributed by atoms with van der Waals surface area (Å²) in [7, 11) is 0. The van der Waals surface area contributed by atoms with Crippen LogP contribution in [0.4, 0.5) is 0 Å². The Morgan fingerprint density at radius 1 is 1.12 bits per heavy atom. The average Bonchev–Trinajstić information content (AvgIpc) is 3.18. The Bertz CT molecular complexity index is 1270. The van der Waals surface area contributed by atoms with Gasteiger partial charge in [0.2, 0.25) is 0 Å². The Labute approximate surface area is 191 Å². The molecule has 1 saturated carbocycles. The molecule has 3 aliphatic rings. The molecule has 2 aliphatic carbocycles. The summed E-state index contributed by atoms with van der Waals surface area (Å²) in [6, 6.07) is 3.91. The zero-order valence-electron chi connectivity index (χ0n) is 18.9. The minimum atomic E-state index is -0.0177. The number of thiazole rings is 1. The number of aryl methyl sites for hydroxylation is 2. The molecule has 6 rings (SSSR count). The number of Topliss-reactive ketones (excluding diaryl/α,β-unsaturated/α-hetero) is 1. The molecule has 0 radical (unpaired) electrons. The summed E-state index contributed by atoms with van der Waals surface area (Å²) in [6.45, 7) is 7.64. The molecule has 0 atom stereocenters. The van der Waals surface area contributed by atoms with Crippen LogP contribution in [-0.4, -0.2) is 44.9 Å². The molecule has 1 aromatic carbocycles. The van der Waals surface area contributed by atoms with Gasteiger partial charge in [-0.05, 0) is 69.1 Å². The fraction of sp³-hybridized carbons (Fsp3) is 0.520. The molecule has 1 saturated heterocycles. The highest BCUT2D eigenvalue weighted by atomic mass is 32.1. The molecule has 0 bridgehead atoms. The summed E-state index contributed by atoms with van der Waals surface area (Å²) in [6.07, 6.45) is 5.61. The third-order valence-corrected chi connectivity index (χ3v) is 9.31. The molecule has 1 amide bonds. The van der Waals surface area contributed by atoms with Gasteiger partial charge in [-0.3, -0.25) is 14.7 Å². The van der Waals surface area contributed by atoms with Crippen LogP contribution in [0.15, 0.2) is 12.1 Å². The van der Waals surface area contributed by atoms with Gasteiger partial charge in [0.05, 0.1) is 10.5 Å². The van der Waals surface area contributed by atoms with Crippen molar-refractivity contribution in [2.75, 3.05) is 13.1 Å². The first-order chi connectivity index (χ1) is 15.3. The number of hydrogen-bond donors (Lipinski definition) is 1. The number of ketones is 1. The Morgan fingerprint density at radius 3 is 2.59 bits per heavy atom. The highest BCUT2D eigenvalue weighted by Crippen LogP contribution is 2.52. The minimum Gasteiger partial charge on any atom is -0.339 e. The van der Waals surface area contributed by atoms with Gasteiger partial charge in [-0.1, -0.05) is 6.92 Å². The number of aromatic nitrogens is 3. The molecule has 1 aliphatic heterocycles. The van der Waals surface area contributed by atoms with Gasteiger partial charge in [-0.25, -0.2) is 4.98 Å². The topological polar surface area (TPSA) is 79.0 Å². The van der Waals surface area contributed by atoms with Gasteiger partial charge in [0.15, 0.2) is 5.78 Å². The van der Waals surface area contributed by atoms with E-state index >= 15 is 0 Å². The number of fused-ring (bicyclic) bond motifs is 2. The molecule has 32 heavy (non-hydrogen) atoms. The highest BCUT2D eigenvalue weighted by Gasteiger charge is 2.47. The number of carbonyl (C=O) groups excluding carboxylic acids is 2. The largest absolute Gasteiger partial charge is 0.339 e. The van der Waals surface area contributed by atoms with Crippen molar-refractivity contribution < 1.29 is 9.59 Å². The zero-order valence-corrected chi connectivity index (χ0v) is 19.7. The summed E-state index contributed by atoms with van der Waals surface area (Å²) in [4.78, 5) is 34.2. The SMILES string of the molecule is Cc1[nH]nc2c(C)cc(C(=O)N3CCC4(CC3)CC(=O)c3nc(C5(C)CC5)sc3C4)cc12. The van der Waals surface area contributed by atoms with Crippen LogP contribution in [-0.2, 0) is 11.8 Å². The molecular formula is C25H28N4O2S. The van der Waals surface area contributed by atoms with E-state index in [4.69, 9.17) is 4.98 Å². The van der Waals surface area contributed by atoms with Crippen molar-refractivity contribution in [3.8, 4) is 0 Å². The van der Waals surface area contributed by atoms with E-state index in [1.165, 1.54) is 17.7 Å². The monoisotopic (exact) mass is 448 g/mol. The van der Waals surface area contributed by atoms with Crippen LogP contribution in [0.3, 0.4) is 0 Å². The number of benzene rings is 1. The maximum absolute atomic E-state index is 13.3. The van der Waals surface area contributed by atoms with Crippen LogP contribution in [0.25, 0.3) is 10.9 Å². The third-order valence-electron chi connectivity index (χ3n) is 7.95. The van der Waals surface area contributed by atoms with Crippen molar-refractivity contribution in [2.24, 2.45) is 5.41 Å². The number of piperidine rings is 1. The van der Waals surface area contributed by atoms with E-state index in [1.807, 2.05) is 30.9 Å². The number of aromatic amines is 1. The van der Waals surface area contributed by atoms with E-state index in [0.29, 0.717) is 19.5 Å². The molecule has 0 unspecified atom stereocenters. The van der Waals surface area contributed by atoms with E-state index in [9.17, 15) is 9.59 Å². The molecule has 1 spiro atoms. The summed E-state index contributed by atoms with van der Waals surface area (Å²) in [5, 5.41) is 9.53. The number of H-pyrrole nitrogens is 1. The molecule has 166 valence electrons. The van der Waals surface area contributed by atoms with Crippen molar-refractivity contribution in [3.63, 3.8) is 0 Å². The number of nitrogens with one attached hydrogen (secondary N) is 1. The van der Waals surface area contributed by atoms with Crippen LogP contribution < -0.4 is 0 Å². The van der Waals surface area contributed by atoms with Crippen molar-refractivity contribution in [1.29, 1.82) is 0 Å². The van der Waals surface area contributed by atoms with Gasteiger partial charge in [-0.15, -0.1) is 11.3 Å².